The van der Waals surface area contributed by atoms with Gasteiger partial charge in [-0.2, -0.15) is 0 Å². The van der Waals surface area contributed by atoms with Crippen LogP contribution < -0.4 is 10.1 Å². The summed E-state index contributed by atoms with van der Waals surface area (Å²) in [5.74, 6) is 0.965. The molecule has 0 aliphatic heterocycles. The van der Waals surface area contributed by atoms with Crippen LogP contribution in [0.15, 0.2) is 29.4 Å². The molecule has 0 saturated heterocycles. The summed E-state index contributed by atoms with van der Waals surface area (Å²) in [4.78, 5) is 18.4. The molecular formula is C21H21N5O2S2. The molecule has 1 N–H and O–H groups in total. The quantitative estimate of drug-likeness (QED) is 0.468. The molecule has 1 amide bonds. The Labute approximate surface area is 181 Å². The normalized spacial score (nSPS) is 13.5. The van der Waals surface area contributed by atoms with Gasteiger partial charge >= 0.3 is 0 Å². The number of aromatic nitrogens is 4. The lowest BCUT2D eigenvalue weighted by Crippen LogP contribution is -2.14. The molecule has 9 heteroatoms. The highest BCUT2D eigenvalue weighted by Crippen LogP contribution is 2.30. The number of carbonyl (C=O) groups is 1. The van der Waals surface area contributed by atoms with E-state index in [1.54, 1.807) is 18.4 Å². The Balaban J connectivity index is 1.37. The smallest absolute Gasteiger partial charge is 0.236 e. The maximum atomic E-state index is 12.5. The third-order valence-corrected chi connectivity index (χ3v) is 7.26. The maximum Gasteiger partial charge on any atom is 0.236 e. The third kappa shape index (κ3) is 3.52. The lowest BCUT2D eigenvalue weighted by Gasteiger charge is -2.08. The molecule has 1 aromatic carbocycles. The molecule has 3 aromatic heterocycles. The molecule has 4 aromatic rings. The van der Waals surface area contributed by atoms with Crippen molar-refractivity contribution in [2.24, 2.45) is 0 Å². The van der Waals surface area contributed by atoms with Crippen LogP contribution in [0.1, 0.15) is 29.0 Å². The fraction of sp³-hybridized carbons (Fsp3) is 0.333. The number of hydrogen-bond acceptors (Lipinski definition) is 7. The van der Waals surface area contributed by atoms with Crippen molar-refractivity contribution in [2.45, 2.75) is 37.8 Å². The van der Waals surface area contributed by atoms with E-state index in [0.717, 1.165) is 46.4 Å². The van der Waals surface area contributed by atoms with Crippen molar-refractivity contribution in [3.63, 3.8) is 0 Å². The fourth-order valence-corrected chi connectivity index (χ4v) is 5.61. The van der Waals surface area contributed by atoms with E-state index in [1.807, 2.05) is 29.5 Å². The average Bonchev–Trinajstić information content (AvgIpc) is 3.36. The Morgan fingerprint density at radius 1 is 1.27 bits per heavy atom. The van der Waals surface area contributed by atoms with Crippen LogP contribution in [0, 0.1) is 6.92 Å². The van der Waals surface area contributed by atoms with Gasteiger partial charge in [-0.15, -0.1) is 21.5 Å². The maximum absolute atomic E-state index is 12.5. The van der Waals surface area contributed by atoms with Crippen molar-refractivity contribution in [2.75, 3.05) is 18.2 Å². The van der Waals surface area contributed by atoms with Gasteiger partial charge in [0.2, 0.25) is 5.91 Å². The number of rotatable bonds is 5. The van der Waals surface area contributed by atoms with Crippen LogP contribution in [-0.4, -0.2) is 38.4 Å². The van der Waals surface area contributed by atoms with Crippen LogP contribution in [0.25, 0.3) is 16.6 Å². The van der Waals surface area contributed by atoms with Crippen LogP contribution in [0.4, 0.5) is 5.13 Å². The van der Waals surface area contributed by atoms with E-state index in [0.29, 0.717) is 10.3 Å². The molecular weight excluding hydrogens is 418 g/mol. The predicted molar refractivity (Wildman–Crippen MR) is 120 cm³/mol. The zero-order valence-electron chi connectivity index (χ0n) is 16.8. The third-order valence-electron chi connectivity index (χ3n) is 5.26. The second-order valence-electron chi connectivity index (χ2n) is 7.33. The number of thiazole rings is 1. The molecule has 0 bridgehead atoms. The SMILES string of the molecule is COc1ccc2c(c1)cc(C)c1nnc(SCC(=O)Nc3nc4c(s3)CCCC4)n12. The first-order chi connectivity index (χ1) is 14.6. The Morgan fingerprint density at radius 2 is 2.13 bits per heavy atom. The van der Waals surface area contributed by atoms with E-state index in [-0.39, 0.29) is 11.7 Å². The number of amides is 1. The molecule has 0 saturated carbocycles. The number of nitrogens with zero attached hydrogens (tertiary/aromatic N) is 4. The zero-order chi connectivity index (χ0) is 20.7. The number of aryl methyl sites for hydroxylation is 3. The minimum absolute atomic E-state index is 0.0820. The van der Waals surface area contributed by atoms with Crippen LogP contribution >= 0.6 is 23.1 Å². The number of benzene rings is 1. The Bertz CT molecular complexity index is 1240. The second kappa shape index (κ2) is 7.88. The number of fused-ring (bicyclic) bond motifs is 4. The number of thioether (sulfide) groups is 1. The minimum Gasteiger partial charge on any atom is -0.497 e. The summed E-state index contributed by atoms with van der Waals surface area (Å²) in [6.07, 6.45) is 4.47. The predicted octanol–water partition coefficient (Wildman–Crippen LogP) is 4.27. The van der Waals surface area contributed by atoms with Gasteiger partial charge in [0.1, 0.15) is 5.75 Å². The van der Waals surface area contributed by atoms with Crippen molar-refractivity contribution in [1.29, 1.82) is 0 Å². The fourth-order valence-electron chi connectivity index (χ4n) is 3.80. The van der Waals surface area contributed by atoms with Gasteiger partial charge in [0.15, 0.2) is 15.9 Å². The molecule has 0 spiro atoms. The highest BCUT2D eigenvalue weighted by molar-refractivity contribution is 7.99. The molecule has 7 nitrogen and oxygen atoms in total. The van der Waals surface area contributed by atoms with Gasteiger partial charge in [0.25, 0.3) is 0 Å². The Morgan fingerprint density at radius 3 is 2.97 bits per heavy atom. The summed E-state index contributed by atoms with van der Waals surface area (Å²) < 4.78 is 7.35. The average molecular weight is 440 g/mol. The first-order valence-corrected chi connectivity index (χ1v) is 11.7. The van der Waals surface area contributed by atoms with Crippen molar-refractivity contribution in [1.82, 2.24) is 19.6 Å². The number of ether oxygens (including phenoxy) is 1. The zero-order valence-corrected chi connectivity index (χ0v) is 18.4. The largest absolute Gasteiger partial charge is 0.497 e. The first kappa shape index (κ1) is 19.3. The molecule has 0 unspecified atom stereocenters. The summed E-state index contributed by atoms with van der Waals surface area (Å²) in [7, 11) is 1.66. The molecule has 0 radical (unpaired) electrons. The number of carbonyl (C=O) groups excluding carboxylic acids is 1. The Hall–Kier alpha value is -2.65. The molecule has 30 heavy (non-hydrogen) atoms. The van der Waals surface area contributed by atoms with Gasteiger partial charge in [0.05, 0.1) is 24.1 Å². The Kier molecular flexibility index (Phi) is 5.08. The highest BCUT2D eigenvalue weighted by atomic mass is 32.2. The number of anilines is 1. The molecule has 0 atom stereocenters. The van der Waals surface area contributed by atoms with E-state index in [1.165, 1.54) is 29.5 Å². The van der Waals surface area contributed by atoms with Crippen molar-refractivity contribution in [3.8, 4) is 5.75 Å². The molecule has 0 fully saturated rings. The summed E-state index contributed by atoms with van der Waals surface area (Å²) in [6.45, 7) is 2.01. The first-order valence-electron chi connectivity index (χ1n) is 9.86. The lowest BCUT2D eigenvalue weighted by molar-refractivity contribution is -0.113. The minimum atomic E-state index is -0.0820. The van der Waals surface area contributed by atoms with Gasteiger partial charge in [0, 0.05) is 10.3 Å². The van der Waals surface area contributed by atoms with E-state index in [9.17, 15) is 4.79 Å². The van der Waals surface area contributed by atoms with E-state index < -0.39 is 0 Å². The molecule has 1 aliphatic carbocycles. The lowest BCUT2D eigenvalue weighted by atomic mass is 10.0. The van der Waals surface area contributed by atoms with Crippen LogP contribution in [0.5, 0.6) is 5.75 Å². The number of hydrogen-bond donors (Lipinski definition) is 1. The number of nitrogens with one attached hydrogen (secondary N) is 1. The van der Waals surface area contributed by atoms with Crippen LogP contribution in [-0.2, 0) is 17.6 Å². The van der Waals surface area contributed by atoms with Gasteiger partial charge in [-0.25, -0.2) is 4.98 Å². The summed E-state index contributed by atoms with van der Waals surface area (Å²) in [5.41, 5.74) is 3.95. The summed E-state index contributed by atoms with van der Waals surface area (Å²) in [6, 6.07) is 7.98. The molecule has 1 aliphatic rings. The molecule has 3 heterocycles. The monoisotopic (exact) mass is 439 g/mol. The molecule has 154 valence electrons. The van der Waals surface area contributed by atoms with E-state index in [2.05, 4.69) is 26.6 Å². The van der Waals surface area contributed by atoms with E-state index in [4.69, 9.17) is 4.74 Å². The standard InChI is InChI=1S/C21H21N5O2S2/c1-12-9-13-10-14(28-2)7-8-16(13)26-19(12)24-25-21(26)29-11-18(27)23-20-22-15-5-3-4-6-17(15)30-20/h7-10H,3-6,11H2,1-2H3,(H,22,23,27). The van der Waals surface area contributed by atoms with E-state index >= 15 is 0 Å². The van der Waals surface area contributed by atoms with Gasteiger partial charge in [-0.3, -0.25) is 9.20 Å². The van der Waals surface area contributed by atoms with Gasteiger partial charge < -0.3 is 10.1 Å². The van der Waals surface area contributed by atoms with Crippen molar-refractivity contribution >= 4 is 50.7 Å². The highest BCUT2D eigenvalue weighted by Gasteiger charge is 2.18. The van der Waals surface area contributed by atoms with Crippen molar-refractivity contribution in [3.05, 3.63) is 40.4 Å². The van der Waals surface area contributed by atoms with Gasteiger partial charge in [-0.05, 0) is 62.4 Å². The van der Waals surface area contributed by atoms with Crippen molar-refractivity contribution < 1.29 is 9.53 Å². The second-order valence-corrected chi connectivity index (χ2v) is 9.35. The van der Waals surface area contributed by atoms with Crippen LogP contribution in [0.2, 0.25) is 0 Å². The summed E-state index contributed by atoms with van der Waals surface area (Å²) >= 11 is 2.97. The molecule has 5 rings (SSSR count). The summed E-state index contributed by atoms with van der Waals surface area (Å²) in [5, 5.41) is 14.0. The van der Waals surface area contributed by atoms with Crippen LogP contribution in [0.3, 0.4) is 0 Å². The number of pyridine rings is 1. The topological polar surface area (TPSA) is 81.4 Å². The number of methoxy groups -OCH3 is 1. The van der Waals surface area contributed by atoms with Gasteiger partial charge in [-0.1, -0.05) is 11.8 Å².